The maximum Gasteiger partial charge on any atom is 0.0948 e. The Bertz CT molecular complexity index is 518. The average Bonchev–Trinajstić information content (AvgIpc) is 3.07. The first-order valence-corrected chi connectivity index (χ1v) is 7.16. The SMILES string of the molecule is CCn1cncc1C1CCNC1Cc1ccccc1. The highest BCUT2D eigenvalue weighted by atomic mass is 15.1. The fourth-order valence-corrected chi connectivity index (χ4v) is 3.11. The first-order valence-electron chi connectivity index (χ1n) is 7.16. The van der Waals surface area contributed by atoms with E-state index >= 15 is 0 Å². The van der Waals surface area contributed by atoms with Crippen molar-refractivity contribution in [1.29, 1.82) is 0 Å². The zero-order valence-corrected chi connectivity index (χ0v) is 11.4. The number of nitrogens with zero attached hydrogens (tertiary/aromatic N) is 2. The van der Waals surface area contributed by atoms with E-state index in [0.29, 0.717) is 12.0 Å². The smallest absolute Gasteiger partial charge is 0.0948 e. The number of nitrogens with one attached hydrogen (secondary N) is 1. The van der Waals surface area contributed by atoms with E-state index < -0.39 is 0 Å². The molecule has 1 saturated heterocycles. The molecular formula is C16H21N3. The zero-order chi connectivity index (χ0) is 13.1. The third-order valence-electron chi connectivity index (χ3n) is 4.11. The van der Waals surface area contributed by atoms with E-state index in [1.165, 1.54) is 17.7 Å². The van der Waals surface area contributed by atoms with Crippen molar-refractivity contribution in [3.63, 3.8) is 0 Å². The second-order valence-corrected chi connectivity index (χ2v) is 5.25. The highest BCUT2D eigenvalue weighted by Gasteiger charge is 2.30. The first-order chi connectivity index (χ1) is 9.38. The van der Waals surface area contributed by atoms with Crippen LogP contribution in [0.1, 0.15) is 30.5 Å². The summed E-state index contributed by atoms with van der Waals surface area (Å²) in [4.78, 5) is 4.31. The molecule has 0 bridgehead atoms. The standard InChI is InChI=1S/C16H21N3/c1-2-19-12-17-11-16(19)14-8-9-18-15(14)10-13-6-4-3-5-7-13/h3-7,11-12,14-15,18H,2,8-10H2,1H3. The predicted molar refractivity (Wildman–Crippen MR) is 77.2 cm³/mol. The Balaban J connectivity index is 1.78. The number of hydrogen-bond acceptors (Lipinski definition) is 2. The van der Waals surface area contributed by atoms with Crippen molar-refractivity contribution in [2.45, 2.75) is 38.3 Å². The second kappa shape index (κ2) is 5.57. The quantitative estimate of drug-likeness (QED) is 0.910. The first kappa shape index (κ1) is 12.4. The summed E-state index contributed by atoms with van der Waals surface area (Å²) in [7, 11) is 0. The molecule has 2 atom stereocenters. The monoisotopic (exact) mass is 255 g/mol. The Kier molecular flexibility index (Phi) is 3.65. The van der Waals surface area contributed by atoms with Crippen LogP contribution in [0.5, 0.6) is 0 Å². The van der Waals surface area contributed by atoms with Gasteiger partial charge in [-0.2, -0.15) is 0 Å². The van der Waals surface area contributed by atoms with Gasteiger partial charge in [0.25, 0.3) is 0 Å². The van der Waals surface area contributed by atoms with Crippen LogP contribution >= 0.6 is 0 Å². The molecule has 2 aromatic rings. The van der Waals surface area contributed by atoms with Crippen LogP contribution < -0.4 is 5.32 Å². The number of hydrogen-bond donors (Lipinski definition) is 1. The van der Waals surface area contributed by atoms with Crippen LogP contribution in [-0.4, -0.2) is 22.1 Å². The van der Waals surface area contributed by atoms with E-state index in [2.05, 4.69) is 52.1 Å². The molecule has 0 radical (unpaired) electrons. The Morgan fingerprint density at radius 2 is 2.16 bits per heavy atom. The molecule has 1 fully saturated rings. The Morgan fingerprint density at radius 1 is 1.32 bits per heavy atom. The van der Waals surface area contributed by atoms with Crippen molar-refractivity contribution in [2.24, 2.45) is 0 Å². The minimum atomic E-state index is 0.532. The lowest BCUT2D eigenvalue weighted by Crippen LogP contribution is -2.29. The van der Waals surface area contributed by atoms with E-state index in [1.54, 1.807) is 0 Å². The molecule has 1 aromatic heterocycles. The summed E-state index contributed by atoms with van der Waals surface area (Å²) in [6.45, 7) is 4.29. The van der Waals surface area contributed by atoms with Gasteiger partial charge in [0.15, 0.2) is 0 Å². The number of aromatic nitrogens is 2. The molecule has 3 heteroatoms. The largest absolute Gasteiger partial charge is 0.335 e. The molecule has 100 valence electrons. The fourth-order valence-electron chi connectivity index (χ4n) is 3.11. The van der Waals surface area contributed by atoms with E-state index in [-0.39, 0.29) is 0 Å². The topological polar surface area (TPSA) is 29.9 Å². The second-order valence-electron chi connectivity index (χ2n) is 5.25. The van der Waals surface area contributed by atoms with E-state index in [9.17, 15) is 0 Å². The number of aryl methyl sites for hydroxylation is 1. The van der Waals surface area contributed by atoms with Gasteiger partial charge in [-0.15, -0.1) is 0 Å². The van der Waals surface area contributed by atoms with Crippen LogP contribution in [0.3, 0.4) is 0 Å². The van der Waals surface area contributed by atoms with Crippen LogP contribution in [0, 0.1) is 0 Å². The van der Waals surface area contributed by atoms with E-state index in [0.717, 1.165) is 19.5 Å². The minimum Gasteiger partial charge on any atom is -0.335 e. The number of rotatable bonds is 4. The summed E-state index contributed by atoms with van der Waals surface area (Å²) < 4.78 is 2.27. The lowest BCUT2D eigenvalue weighted by Gasteiger charge is -2.20. The van der Waals surface area contributed by atoms with Crippen LogP contribution in [0.15, 0.2) is 42.9 Å². The van der Waals surface area contributed by atoms with Crippen molar-refractivity contribution < 1.29 is 0 Å². The normalized spacial score (nSPS) is 22.8. The van der Waals surface area contributed by atoms with Gasteiger partial charge in [-0.05, 0) is 31.9 Å². The van der Waals surface area contributed by atoms with Crippen molar-refractivity contribution in [1.82, 2.24) is 14.9 Å². The summed E-state index contributed by atoms with van der Waals surface area (Å²) in [6, 6.07) is 11.3. The van der Waals surface area contributed by atoms with Gasteiger partial charge in [0.1, 0.15) is 0 Å². The Labute approximate surface area is 114 Å². The van der Waals surface area contributed by atoms with E-state index in [4.69, 9.17) is 0 Å². The number of benzene rings is 1. The summed E-state index contributed by atoms with van der Waals surface area (Å²) in [5.74, 6) is 0.586. The van der Waals surface area contributed by atoms with Gasteiger partial charge < -0.3 is 9.88 Å². The summed E-state index contributed by atoms with van der Waals surface area (Å²) in [6.07, 6.45) is 6.30. The molecule has 0 saturated carbocycles. The van der Waals surface area contributed by atoms with E-state index in [1.807, 2.05) is 12.5 Å². The molecule has 3 rings (SSSR count). The minimum absolute atomic E-state index is 0.532. The fraction of sp³-hybridized carbons (Fsp3) is 0.438. The summed E-state index contributed by atoms with van der Waals surface area (Å²) >= 11 is 0. The zero-order valence-electron chi connectivity index (χ0n) is 11.4. The van der Waals surface area contributed by atoms with Gasteiger partial charge in [0.2, 0.25) is 0 Å². The van der Waals surface area contributed by atoms with Gasteiger partial charge in [0, 0.05) is 30.4 Å². The highest BCUT2D eigenvalue weighted by Crippen LogP contribution is 2.29. The highest BCUT2D eigenvalue weighted by molar-refractivity contribution is 5.20. The molecule has 0 spiro atoms. The van der Waals surface area contributed by atoms with Gasteiger partial charge in [0.05, 0.1) is 6.33 Å². The molecule has 1 N–H and O–H groups in total. The van der Waals surface area contributed by atoms with Crippen LogP contribution in [-0.2, 0) is 13.0 Å². The van der Waals surface area contributed by atoms with Crippen LogP contribution in [0.2, 0.25) is 0 Å². The lowest BCUT2D eigenvalue weighted by molar-refractivity contribution is 0.515. The van der Waals surface area contributed by atoms with Gasteiger partial charge >= 0.3 is 0 Å². The van der Waals surface area contributed by atoms with Gasteiger partial charge in [-0.25, -0.2) is 4.98 Å². The molecule has 0 amide bonds. The molecule has 2 heterocycles. The molecule has 19 heavy (non-hydrogen) atoms. The maximum atomic E-state index is 4.31. The van der Waals surface area contributed by atoms with Crippen LogP contribution in [0.4, 0.5) is 0 Å². The van der Waals surface area contributed by atoms with Gasteiger partial charge in [-0.3, -0.25) is 0 Å². The molecule has 1 aliphatic heterocycles. The van der Waals surface area contributed by atoms with Crippen molar-refractivity contribution in [3.05, 3.63) is 54.1 Å². The van der Waals surface area contributed by atoms with Crippen molar-refractivity contribution in [2.75, 3.05) is 6.54 Å². The molecule has 0 aliphatic carbocycles. The molecule has 1 aliphatic rings. The third-order valence-corrected chi connectivity index (χ3v) is 4.11. The Hall–Kier alpha value is -1.61. The molecule has 2 unspecified atom stereocenters. The molecular weight excluding hydrogens is 234 g/mol. The van der Waals surface area contributed by atoms with Crippen LogP contribution in [0.25, 0.3) is 0 Å². The molecule has 1 aromatic carbocycles. The molecule has 3 nitrogen and oxygen atoms in total. The van der Waals surface area contributed by atoms with Crippen molar-refractivity contribution >= 4 is 0 Å². The summed E-state index contributed by atoms with van der Waals surface area (Å²) in [5, 5.41) is 3.65. The summed E-state index contributed by atoms with van der Waals surface area (Å²) in [5.41, 5.74) is 2.79. The number of imidazole rings is 1. The lowest BCUT2D eigenvalue weighted by atomic mass is 9.92. The predicted octanol–water partition coefficient (Wildman–Crippen LogP) is 2.59. The average molecular weight is 255 g/mol. The van der Waals surface area contributed by atoms with Gasteiger partial charge in [-0.1, -0.05) is 30.3 Å². The Morgan fingerprint density at radius 3 is 2.95 bits per heavy atom. The third kappa shape index (κ3) is 2.56. The maximum absolute atomic E-state index is 4.31. The van der Waals surface area contributed by atoms with Crippen molar-refractivity contribution in [3.8, 4) is 0 Å².